The van der Waals surface area contributed by atoms with E-state index in [2.05, 4.69) is 22.2 Å². The molecular weight excluding hydrogens is 302 g/mol. The topological polar surface area (TPSA) is 63.9 Å². The number of fused-ring (bicyclic) bond motifs is 1. The molecule has 0 fully saturated rings. The third kappa shape index (κ3) is 2.99. The fraction of sp³-hybridized carbons (Fsp3) is 0.333. The molecule has 1 aromatic carbocycles. The SMILES string of the molecule is CCCCN(C)C(=O)c1nnn(-c2ccc3ncccc3c2)c1C. The van der Waals surface area contributed by atoms with E-state index in [1.807, 2.05) is 37.3 Å². The van der Waals surface area contributed by atoms with Crippen LogP contribution >= 0.6 is 0 Å². The van der Waals surface area contributed by atoms with Crippen LogP contribution in [0.25, 0.3) is 16.6 Å². The molecule has 0 N–H and O–H groups in total. The molecule has 124 valence electrons. The van der Waals surface area contributed by atoms with Gasteiger partial charge in [0, 0.05) is 25.2 Å². The van der Waals surface area contributed by atoms with Gasteiger partial charge in [0.15, 0.2) is 5.69 Å². The molecule has 3 aromatic rings. The van der Waals surface area contributed by atoms with Crippen LogP contribution in [0.1, 0.15) is 35.9 Å². The first-order valence-corrected chi connectivity index (χ1v) is 8.14. The molecule has 6 heteroatoms. The average molecular weight is 323 g/mol. The third-order valence-electron chi connectivity index (χ3n) is 4.12. The summed E-state index contributed by atoms with van der Waals surface area (Å²) in [5, 5.41) is 9.31. The van der Waals surface area contributed by atoms with E-state index in [1.165, 1.54) is 0 Å². The Kier molecular flexibility index (Phi) is 4.55. The van der Waals surface area contributed by atoms with Crippen molar-refractivity contribution in [2.75, 3.05) is 13.6 Å². The Morgan fingerprint density at radius 3 is 2.92 bits per heavy atom. The summed E-state index contributed by atoms with van der Waals surface area (Å²) in [4.78, 5) is 18.5. The van der Waals surface area contributed by atoms with E-state index in [9.17, 15) is 4.79 Å². The van der Waals surface area contributed by atoms with Crippen LogP contribution in [-0.2, 0) is 0 Å². The second-order valence-corrected chi connectivity index (χ2v) is 5.90. The highest BCUT2D eigenvalue weighted by atomic mass is 16.2. The van der Waals surface area contributed by atoms with E-state index in [1.54, 1.807) is 22.8 Å². The summed E-state index contributed by atoms with van der Waals surface area (Å²) in [7, 11) is 1.80. The molecule has 0 aliphatic carbocycles. The summed E-state index contributed by atoms with van der Waals surface area (Å²) in [6.07, 6.45) is 3.80. The molecule has 2 heterocycles. The Morgan fingerprint density at radius 2 is 2.12 bits per heavy atom. The van der Waals surface area contributed by atoms with Crippen molar-refractivity contribution in [3.8, 4) is 5.69 Å². The van der Waals surface area contributed by atoms with E-state index < -0.39 is 0 Å². The number of hydrogen-bond donors (Lipinski definition) is 0. The minimum absolute atomic E-state index is 0.0883. The van der Waals surface area contributed by atoms with Gasteiger partial charge in [-0.25, -0.2) is 4.68 Å². The molecule has 0 atom stereocenters. The molecule has 0 aliphatic rings. The van der Waals surface area contributed by atoms with Gasteiger partial charge in [0.05, 0.1) is 16.9 Å². The number of unbranched alkanes of at least 4 members (excludes halogenated alkanes) is 1. The highest BCUT2D eigenvalue weighted by molar-refractivity contribution is 5.93. The fourth-order valence-corrected chi connectivity index (χ4v) is 2.64. The lowest BCUT2D eigenvalue weighted by Crippen LogP contribution is -2.28. The van der Waals surface area contributed by atoms with Gasteiger partial charge in [0.1, 0.15) is 0 Å². The van der Waals surface area contributed by atoms with Crippen molar-refractivity contribution in [2.45, 2.75) is 26.7 Å². The number of pyridine rings is 1. The van der Waals surface area contributed by atoms with Crippen molar-refractivity contribution in [1.82, 2.24) is 24.9 Å². The Morgan fingerprint density at radius 1 is 1.29 bits per heavy atom. The summed E-state index contributed by atoms with van der Waals surface area (Å²) >= 11 is 0. The Bertz CT molecular complexity index is 871. The monoisotopic (exact) mass is 323 g/mol. The van der Waals surface area contributed by atoms with Gasteiger partial charge >= 0.3 is 0 Å². The van der Waals surface area contributed by atoms with Crippen molar-refractivity contribution in [2.24, 2.45) is 0 Å². The minimum atomic E-state index is -0.0883. The molecule has 0 saturated carbocycles. The van der Waals surface area contributed by atoms with Gasteiger partial charge in [0.2, 0.25) is 0 Å². The van der Waals surface area contributed by atoms with Gasteiger partial charge in [-0.15, -0.1) is 5.10 Å². The number of nitrogens with zero attached hydrogens (tertiary/aromatic N) is 5. The van der Waals surface area contributed by atoms with E-state index >= 15 is 0 Å². The number of hydrogen-bond acceptors (Lipinski definition) is 4. The van der Waals surface area contributed by atoms with Gasteiger partial charge in [-0.3, -0.25) is 9.78 Å². The normalized spacial score (nSPS) is 11.0. The number of amides is 1. The first kappa shape index (κ1) is 16.1. The van der Waals surface area contributed by atoms with E-state index in [4.69, 9.17) is 0 Å². The first-order valence-electron chi connectivity index (χ1n) is 8.14. The van der Waals surface area contributed by atoms with E-state index in [0.717, 1.165) is 41.7 Å². The molecule has 0 aliphatic heterocycles. The maximum Gasteiger partial charge on any atom is 0.276 e. The van der Waals surface area contributed by atoms with Crippen molar-refractivity contribution in [3.05, 3.63) is 47.9 Å². The number of aromatic nitrogens is 4. The van der Waals surface area contributed by atoms with Crippen molar-refractivity contribution in [3.63, 3.8) is 0 Å². The standard InChI is InChI=1S/C18H21N5O/c1-4-5-11-22(3)18(24)17-13(2)23(21-20-17)15-8-9-16-14(12-15)7-6-10-19-16/h6-10,12H,4-5,11H2,1-3H3. The van der Waals surface area contributed by atoms with Crippen LogP contribution in [0.4, 0.5) is 0 Å². The van der Waals surface area contributed by atoms with Crippen LogP contribution in [0.15, 0.2) is 36.5 Å². The highest BCUT2D eigenvalue weighted by Gasteiger charge is 2.20. The third-order valence-corrected chi connectivity index (χ3v) is 4.12. The predicted octanol–water partition coefficient (Wildman–Crippen LogP) is 3.00. The van der Waals surface area contributed by atoms with Crippen molar-refractivity contribution < 1.29 is 4.79 Å². The van der Waals surface area contributed by atoms with Crippen LogP contribution < -0.4 is 0 Å². The average Bonchev–Trinajstić information content (AvgIpc) is 3.00. The van der Waals surface area contributed by atoms with Crippen LogP contribution in [0.5, 0.6) is 0 Å². The smallest absolute Gasteiger partial charge is 0.276 e. The molecule has 0 radical (unpaired) electrons. The molecule has 6 nitrogen and oxygen atoms in total. The molecule has 2 aromatic heterocycles. The lowest BCUT2D eigenvalue weighted by molar-refractivity contribution is 0.0786. The van der Waals surface area contributed by atoms with Crippen LogP contribution in [0.3, 0.4) is 0 Å². The highest BCUT2D eigenvalue weighted by Crippen LogP contribution is 2.18. The molecular formula is C18H21N5O. The molecule has 3 rings (SSSR count). The van der Waals surface area contributed by atoms with Crippen LogP contribution in [0, 0.1) is 6.92 Å². The quantitative estimate of drug-likeness (QED) is 0.724. The number of carbonyl (C=O) groups excluding carboxylic acids is 1. The Balaban J connectivity index is 1.92. The molecule has 0 unspecified atom stereocenters. The Labute approximate surface area is 141 Å². The second-order valence-electron chi connectivity index (χ2n) is 5.90. The molecule has 1 amide bonds. The van der Waals surface area contributed by atoms with Crippen LogP contribution in [0.2, 0.25) is 0 Å². The molecule has 24 heavy (non-hydrogen) atoms. The maximum absolute atomic E-state index is 12.5. The van der Waals surface area contributed by atoms with Gasteiger partial charge < -0.3 is 4.90 Å². The zero-order valence-electron chi connectivity index (χ0n) is 14.2. The predicted molar refractivity (Wildman–Crippen MR) is 93.3 cm³/mol. The Hall–Kier alpha value is -2.76. The summed E-state index contributed by atoms with van der Waals surface area (Å²) < 4.78 is 1.70. The van der Waals surface area contributed by atoms with Gasteiger partial charge in [0.25, 0.3) is 5.91 Å². The number of carbonyl (C=O) groups is 1. The molecule has 0 spiro atoms. The van der Waals surface area contributed by atoms with Gasteiger partial charge in [-0.05, 0) is 37.6 Å². The molecule has 0 bridgehead atoms. The lowest BCUT2D eigenvalue weighted by atomic mass is 10.2. The van der Waals surface area contributed by atoms with Crippen LogP contribution in [-0.4, -0.2) is 44.4 Å². The first-order chi connectivity index (χ1) is 11.6. The summed E-state index contributed by atoms with van der Waals surface area (Å²) in [5.41, 5.74) is 2.94. The van der Waals surface area contributed by atoms with E-state index in [0.29, 0.717) is 5.69 Å². The molecule has 0 saturated heterocycles. The zero-order chi connectivity index (χ0) is 17.1. The van der Waals surface area contributed by atoms with Crippen molar-refractivity contribution >= 4 is 16.8 Å². The second kappa shape index (κ2) is 6.78. The summed E-state index contributed by atoms with van der Waals surface area (Å²) in [5.74, 6) is -0.0883. The van der Waals surface area contributed by atoms with Crippen molar-refractivity contribution in [1.29, 1.82) is 0 Å². The van der Waals surface area contributed by atoms with E-state index in [-0.39, 0.29) is 5.91 Å². The fourth-order valence-electron chi connectivity index (χ4n) is 2.64. The summed E-state index contributed by atoms with van der Waals surface area (Å²) in [6.45, 7) is 4.70. The number of benzene rings is 1. The largest absolute Gasteiger partial charge is 0.340 e. The number of rotatable bonds is 5. The van der Waals surface area contributed by atoms with Gasteiger partial charge in [-0.1, -0.05) is 24.6 Å². The van der Waals surface area contributed by atoms with Gasteiger partial charge in [-0.2, -0.15) is 0 Å². The zero-order valence-corrected chi connectivity index (χ0v) is 14.2. The maximum atomic E-state index is 12.5. The summed E-state index contributed by atoms with van der Waals surface area (Å²) in [6, 6.07) is 9.78. The lowest BCUT2D eigenvalue weighted by Gasteiger charge is -2.15. The minimum Gasteiger partial charge on any atom is -0.340 e.